The van der Waals surface area contributed by atoms with Gasteiger partial charge in [0, 0.05) is 12.8 Å². The van der Waals surface area contributed by atoms with Crippen LogP contribution in [0.4, 0.5) is 0 Å². The lowest BCUT2D eigenvalue weighted by Crippen LogP contribution is -2.64. The van der Waals surface area contributed by atoms with Crippen molar-refractivity contribution in [3.8, 4) is 0 Å². The lowest BCUT2D eigenvalue weighted by molar-refractivity contribution is -0.220. The Balaban J connectivity index is 2.58. The minimum atomic E-state index is -5.10. The van der Waals surface area contributed by atoms with Gasteiger partial charge >= 0.3 is 19.8 Å². The van der Waals surface area contributed by atoms with Crippen LogP contribution >= 0.6 is 7.82 Å². The summed E-state index contributed by atoms with van der Waals surface area (Å²) in [6.07, 6.45) is 8.98. The van der Waals surface area contributed by atoms with Crippen LogP contribution in [0.1, 0.15) is 136 Å². The van der Waals surface area contributed by atoms with Crippen molar-refractivity contribution in [3.63, 3.8) is 0 Å². The van der Waals surface area contributed by atoms with E-state index in [4.69, 9.17) is 18.5 Å². The number of carbonyl (C=O) groups is 2. The number of phosphoric acid groups is 1. The van der Waals surface area contributed by atoms with Gasteiger partial charge in [0.2, 0.25) is 0 Å². The molecule has 13 nitrogen and oxygen atoms in total. The molecule has 0 amide bonds. The minimum Gasteiger partial charge on any atom is -0.462 e. The van der Waals surface area contributed by atoms with Crippen molar-refractivity contribution in [1.82, 2.24) is 0 Å². The SMILES string of the molecule is CCCCC/C=C\CCCCCCCC(=O)OC(COC(=O)CCCCCCCCC)COP(=O)(O)OC1C(O)C(O)C(O)C(O)C1O. The van der Waals surface area contributed by atoms with Crippen LogP contribution in [0.5, 0.6) is 0 Å². The molecular weight excluding hydrogens is 647 g/mol. The molecule has 14 heteroatoms. The Kier molecular flexibility index (Phi) is 24.5. The van der Waals surface area contributed by atoms with E-state index in [1.807, 2.05) is 0 Å². The Hall–Kier alpha value is -1.41. The average Bonchev–Trinajstić information content (AvgIpc) is 3.06. The van der Waals surface area contributed by atoms with E-state index >= 15 is 0 Å². The van der Waals surface area contributed by atoms with E-state index in [1.54, 1.807) is 0 Å². The number of phosphoric ester groups is 1. The molecule has 0 bridgehead atoms. The third-order valence-corrected chi connectivity index (χ3v) is 9.34. The second-order valence-corrected chi connectivity index (χ2v) is 14.1. The van der Waals surface area contributed by atoms with Gasteiger partial charge in [0.25, 0.3) is 0 Å². The smallest absolute Gasteiger partial charge is 0.462 e. The van der Waals surface area contributed by atoms with Gasteiger partial charge in [0.15, 0.2) is 6.10 Å². The van der Waals surface area contributed by atoms with Gasteiger partial charge in [-0.25, -0.2) is 4.57 Å². The van der Waals surface area contributed by atoms with Crippen molar-refractivity contribution < 1.29 is 63.1 Å². The minimum absolute atomic E-state index is 0.0889. The lowest BCUT2D eigenvalue weighted by Gasteiger charge is -2.41. The van der Waals surface area contributed by atoms with Gasteiger partial charge in [-0.1, -0.05) is 96.6 Å². The van der Waals surface area contributed by atoms with Crippen molar-refractivity contribution in [2.24, 2.45) is 0 Å². The lowest BCUT2D eigenvalue weighted by atomic mass is 9.85. The van der Waals surface area contributed by atoms with Crippen LogP contribution in [0.15, 0.2) is 12.2 Å². The molecule has 0 aromatic carbocycles. The van der Waals surface area contributed by atoms with E-state index in [0.717, 1.165) is 70.6 Å². The molecule has 6 unspecified atom stereocenters. The molecule has 0 saturated heterocycles. The van der Waals surface area contributed by atoms with E-state index in [1.165, 1.54) is 25.7 Å². The molecule has 1 aliphatic carbocycles. The molecule has 1 aliphatic rings. The van der Waals surface area contributed by atoms with Crippen LogP contribution in [0.3, 0.4) is 0 Å². The maximum atomic E-state index is 12.7. The molecule has 0 aromatic rings. The fraction of sp³-hybridized carbons (Fsp3) is 0.882. The Labute approximate surface area is 286 Å². The monoisotopic (exact) mass is 710 g/mol. The highest BCUT2D eigenvalue weighted by Gasteiger charge is 2.51. The van der Waals surface area contributed by atoms with E-state index in [-0.39, 0.29) is 12.8 Å². The van der Waals surface area contributed by atoms with Crippen molar-refractivity contribution in [2.75, 3.05) is 13.2 Å². The van der Waals surface area contributed by atoms with Crippen molar-refractivity contribution in [2.45, 2.75) is 179 Å². The summed E-state index contributed by atoms with van der Waals surface area (Å²) in [7, 11) is -5.10. The van der Waals surface area contributed by atoms with Gasteiger partial charge in [-0.15, -0.1) is 0 Å². The van der Waals surface area contributed by atoms with Gasteiger partial charge in [-0.05, 0) is 38.5 Å². The molecule has 282 valence electrons. The molecular formula is C34H63O13P. The van der Waals surface area contributed by atoms with Gasteiger partial charge in [-0.3, -0.25) is 18.6 Å². The van der Waals surface area contributed by atoms with Crippen molar-refractivity contribution >= 4 is 19.8 Å². The molecule has 6 N–H and O–H groups in total. The molecule has 6 atom stereocenters. The summed E-state index contributed by atoms with van der Waals surface area (Å²) in [5.41, 5.74) is 0. The first-order valence-corrected chi connectivity index (χ1v) is 19.5. The van der Waals surface area contributed by atoms with Gasteiger partial charge in [0.05, 0.1) is 6.61 Å². The van der Waals surface area contributed by atoms with E-state index < -0.39 is 75.7 Å². The standard InChI is InChI=1S/C34H63O13P/c1-3-5-7-9-11-12-13-14-15-17-19-21-23-28(36)46-26(24-44-27(35)22-20-18-16-10-8-6-4-2)25-45-48(42,43)47-34-32(40)30(38)29(37)31(39)33(34)41/h11-12,26,29-34,37-41H,3-10,13-25H2,1-2H3,(H,42,43)/b12-11-. The highest BCUT2D eigenvalue weighted by atomic mass is 31.2. The highest BCUT2D eigenvalue weighted by Crippen LogP contribution is 2.47. The summed E-state index contributed by atoms with van der Waals surface area (Å²) in [4.78, 5) is 35.2. The second kappa shape index (κ2) is 26.4. The fourth-order valence-electron chi connectivity index (χ4n) is 5.34. The topological polar surface area (TPSA) is 210 Å². The normalized spacial score (nSPS) is 24.8. The summed E-state index contributed by atoms with van der Waals surface area (Å²) < 4.78 is 33.1. The largest absolute Gasteiger partial charge is 0.472 e. The van der Waals surface area contributed by atoms with Crippen LogP contribution in [0.2, 0.25) is 0 Å². The first-order valence-electron chi connectivity index (χ1n) is 18.0. The number of hydrogen-bond acceptors (Lipinski definition) is 12. The zero-order chi connectivity index (χ0) is 35.8. The zero-order valence-corrected chi connectivity index (χ0v) is 29.9. The maximum Gasteiger partial charge on any atom is 0.472 e. The van der Waals surface area contributed by atoms with E-state index in [9.17, 15) is 44.6 Å². The number of aliphatic hydroxyl groups is 5. The number of allylic oxidation sites excluding steroid dienone is 2. The number of ether oxygens (including phenoxy) is 2. The van der Waals surface area contributed by atoms with Crippen LogP contribution in [0, 0.1) is 0 Å². The van der Waals surface area contributed by atoms with Crippen LogP contribution < -0.4 is 0 Å². The summed E-state index contributed by atoms with van der Waals surface area (Å²) in [6, 6.07) is 0. The summed E-state index contributed by atoms with van der Waals surface area (Å²) >= 11 is 0. The number of hydrogen-bond donors (Lipinski definition) is 6. The van der Waals surface area contributed by atoms with Crippen LogP contribution in [-0.2, 0) is 32.7 Å². The first-order chi connectivity index (χ1) is 22.9. The maximum absolute atomic E-state index is 12.7. The van der Waals surface area contributed by atoms with Crippen molar-refractivity contribution in [1.29, 1.82) is 0 Å². The number of carbonyl (C=O) groups excluding carboxylic acids is 2. The van der Waals surface area contributed by atoms with Gasteiger partial charge in [0.1, 0.15) is 43.2 Å². The molecule has 48 heavy (non-hydrogen) atoms. The van der Waals surface area contributed by atoms with Gasteiger partial charge in [-0.2, -0.15) is 0 Å². The molecule has 0 aliphatic heterocycles. The second-order valence-electron chi connectivity index (χ2n) is 12.7. The average molecular weight is 711 g/mol. The van der Waals surface area contributed by atoms with Crippen molar-refractivity contribution in [3.05, 3.63) is 12.2 Å². The number of esters is 2. The van der Waals surface area contributed by atoms with Gasteiger partial charge < -0.3 is 39.9 Å². The summed E-state index contributed by atoms with van der Waals surface area (Å²) in [5, 5.41) is 49.7. The molecule has 0 radical (unpaired) electrons. The Bertz CT molecular complexity index is 917. The molecule has 1 rings (SSSR count). The quantitative estimate of drug-likeness (QED) is 0.0280. The highest BCUT2D eigenvalue weighted by molar-refractivity contribution is 7.47. The molecule has 1 fully saturated rings. The van der Waals surface area contributed by atoms with E-state index in [0.29, 0.717) is 12.8 Å². The fourth-order valence-corrected chi connectivity index (χ4v) is 6.31. The predicted octanol–water partition coefficient (Wildman–Crippen LogP) is 4.77. The number of aliphatic hydroxyl groups excluding tert-OH is 5. The Morgan fingerprint density at radius 3 is 1.62 bits per heavy atom. The number of rotatable bonds is 28. The molecule has 0 spiro atoms. The molecule has 0 heterocycles. The van der Waals surface area contributed by atoms with Crippen LogP contribution in [-0.4, -0.2) is 98.3 Å². The van der Waals surface area contributed by atoms with Crippen LogP contribution in [0.25, 0.3) is 0 Å². The summed E-state index contributed by atoms with van der Waals surface area (Å²) in [6.45, 7) is 3.16. The number of unbranched alkanes of at least 4 members (excludes halogenated alkanes) is 14. The Morgan fingerprint density at radius 1 is 0.625 bits per heavy atom. The first kappa shape index (κ1) is 44.6. The summed E-state index contributed by atoms with van der Waals surface area (Å²) in [5.74, 6) is -1.12. The molecule has 1 saturated carbocycles. The Morgan fingerprint density at radius 2 is 1.06 bits per heavy atom. The predicted molar refractivity (Wildman–Crippen MR) is 180 cm³/mol. The molecule has 0 aromatic heterocycles. The third kappa shape index (κ3) is 19.7. The zero-order valence-electron chi connectivity index (χ0n) is 29.0. The van der Waals surface area contributed by atoms with E-state index in [2.05, 4.69) is 26.0 Å². The third-order valence-electron chi connectivity index (χ3n) is 8.36.